The first-order valence-electron chi connectivity index (χ1n) is 9.29. The van der Waals surface area contributed by atoms with E-state index in [0.717, 1.165) is 22.3 Å². The van der Waals surface area contributed by atoms with Gasteiger partial charge in [0.2, 0.25) is 12.1 Å². The number of rotatable bonds is 4. The van der Waals surface area contributed by atoms with E-state index in [1.54, 1.807) is 13.8 Å². The van der Waals surface area contributed by atoms with Crippen LogP contribution in [0.2, 0.25) is 0 Å². The van der Waals surface area contributed by atoms with Crippen molar-refractivity contribution >= 4 is 0 Å². The van der Waals surface area contributed by atoms with Gasteiger partial charge in [-0.2, -0.15) is 0 Å². The van der Waals surface area contributed by atoms with Crippen molar-refractivity contribution < 1.29 is 9.85 Å². The van der Waals surface area contributed by atoms with E-state index in [9.17, 15) is 20.2 Å². The van der Waals surface area contributed by atoms with Crippen molar-refractivity contribution in [3.63, 3.8) is 0 Å². The molecule has 4 atom stereocenters. The molecule has 0 saturated carbocycles. The average Bonchev–Trinajstić information content (AvgIpc) is 2.60. The summed E-state index contributed by atoms with van der Waals surface area (Å²) >= 11 is 0. The summed E-state index contributed by atoms with van der Waals surface area (Å²) in [5.74, 6) is 0. The molecule has 1 fully saturated rings. The third-order valence-electron chi connectivity index (χ3n) is 5.84. The smallest absolute Gasteiger partial charge is 0.243 e. The molecule has 1 aliphatic rings. The van der Waals surface area contributed by atoms with E-state index in [-0.39, 0.29) is 9.85 Å². The van der Waals surface area contributed by atoms with Crippen LogP contribution in [0.4, 0.5) is 0 Å². The first-order chi connectivity index (χ1) is 13.1. The highest BCUT2D eigenvalue weighted by atomic mass is 16.6. The van der Waals surface area contributed by atoms with Crippen LogP contribution in [-0.2, 0) is 0 Å². The number of hydrogen-bond acceptors (Lipinski definition) is 5. The Hall–Kier alpha value is -2.80. The Kier molecular flexibility index (Phi) is 5.21. The van der Waals surface area contributed by atoms with E-state index in [4.69, 9.17) is 0 Å². The molecule has 1 aliphatic heterocycles. The fraction of sp³-hybridized carbons (Fsp3) is 0.429. The fourth-order valence-electron chi connectivity index (χ4n) is 4.30. The molecule has 0 unspecified atom stereocenters. The Morgan fingerprint density at radius 1 is 0.750 bits per heavy atom. The van der Waals surface area contributed by atoms with Gasteiger partial charge in [-0.3, -0.25) is 25.5 Å². The Labute approximate surface area is 164 Å². The maximum atomic E-state index is 12.0. The van der Waals surface area contributed by atoms with Crippen molar-refractivity contribution in [3.8, 4) is 0 Å². The lowest BCUT2D eigenvalue weighted by molar-refractivity contribution is -0.605. The Morgan fingerprint density at radius 2 is 1.07 bits per heavy atom. The van der Waals surface area contributed by atoms with Crippen LogP contribution in [0.25, 0.3) is 0 Å². The average molecular weight is 383 g/mol. The summed E-state index contributed by atoms with van der Waals surface area (Å²) in [6, 6.07) is 11.5. The molecule has 2 aromatic carbocycles. The van der Waals surface area contributed by atoms with Crippen molar-refractivity contribution in [2.45, 2.75) is 51.9 Å². The maximum absolute atomic E-state index is 12.0. The van der Waals surface area contributed by atoms with Gasteiger partial charge in [0, 0.05) is 9.85 Å². The van der Waals surface area contributed by atoms with Gasteiger partial charge >= 0.3 is 0 Å². The molecular weight excluding hydrogens is 358 g/mol. The normalized spacial score (nSPS) is 26.6. The first kappa shape index (κ1) is 19.9. The predicted octanol–water partition coefficient (Wildman–Crippen LogP) is 4.01. The van der Waals surface area contributed by atoms with Crippen LogP contribution >= 0.6 is 0 Å². The molecule has 0 bridgehead atoms. The van der Waals surface area contributed by atoms with Gasteiger partial charge in [0.15, 0.2) is 0 Å². The molecule has 0 spiro atoms. The summed E-state index contributed by atoms with van der Waals surface area (Å²) < 4.78 is 0. The van der Waals surface area contributed by atoms with Gasteiger partial charge in [-0.05, 0) is 38.8 Å². The molecule has 28 heavy (non-hydrogen) atoms. The summed E-state index contributed by atoms with van der Waals surface area (Å²) in [6.07, 6.45) is 0. The molecule has 2 aromatic rings. The lowest BCUT2D eigenvalue weighted by atomic mass is 9.66. The molecule has 0 aliphatic carbocycles. The largest absolute Gasteiger partial charge is 0.291 e. The van der Waals surface area contributed by atoms with E-state index in [2.05, 4.69) is 5.32 Å². The van der Waals surface area contributed by atoms with E-state index in [1.165, 1.54) is 0 Å². The van der Waals surface area contributed by atoms with Crippen molar-refractivity contribution in [3.05, 3.63) is 91.0 Å². The molecular formula is C21H25N3O4. The molecule has 0 amide bonds. The maximum Gasteiger partial charge on any atom is 0.243 e. The van der Waals surface area contributed by atoms with Crippen LogP contribution in [0.5, 0.6) is 0 Å². The predicted molar refractivity (Wildman–Crippen MR) is 106 cm³/mol. The van der Waals surface area contributed by atoms with Gasteiger partial charge in [-0.15, -0.1) is 0 Å². The Balaban J connectivity index is 2.14. The summed E-state index contributed by atoms with van der Waals surface area (Å²) in [6.45, 7) is 7.17. The second-order valence-electron chi connectivity index (χ2n) is 8.23. The summed E-state index contributed by atoms with van der Waals surface area (Å²) in [4.78, 5) is 23.3. The van der Waals surface area contributed by atoms with Crippen LogP contribution in [-0.4, -0.2) is 21.9 Å². The Morgan fingerprint density at radius 3 is 1.36 bits per heavy atom. The number of nitrogens with one attached hydrogen (secondary N) is 1. The number of aryl methyl sites for hydroxylation is 2. The van der Waals surface area contributed by atoms with Crippen LogP contribution < -0.4 is 5.32 Å². The van der Waals surface area contributed by atoms with Gasteiger partial charge in [0.05, 0.1) is 0 Å². The van der Waals surface area contributed by atoms with Gasteiger partial charge in [-0.1, -0.05) is 59.7 Å². The second kappa shape index (κ2) is 7.31. The zero-order valence-electron chi connectivity index (χ0n) is 16.5. The minimum absolute atomic E-state index is 0.376. The highest BCUT2D eigenvalue weighted by molar-refractivity contribution is 5.31. The van der Waals surface area contributed by atoms with Crippen molar-refractivity contribution in [1.82, 2.24) is 5.32 Å². The molecule has 148 valence electrons. The number of piperidine rings is 1. The minimum atomic E-state index is -1.16. The number of hydrogen-bond donors (Lipinski definition) is 1. The molecule has 7 nitrogen and oxygen atoms in total. The number of benzene rings is 2. The van der Waals surface area contributed by atoms with Crippen LogP contribution in [0.3, 0.4) is 0 Å². The first-order valence-corrected chi connectivity index (χ1v) is 9.29. The standard InChI is InChI=1S/C21H25N3O4/c1-13-5-9-15(10-6-13)17-19(23(25)26)21(3,4)20(24(27)28)18(22-17)16-11-7-14(2)8-12-16/h5-12,17-20,22H,1-4H3/t17-,18-,19+,20+/m1/s1. The van der Waals surface area contributed by atoms with Crippen LogP contribution in [0.15, 0.2) is 48.5 Å². The minimum Gasteiger partial charge on any atom is -0.291 e. The van der Waals surface area contributed by atoms with Gasteiger partial charge in [0.25, 0.3) is 0 Å². The molecule has 1 N–H and O–H groups in total. The number of nitrogens with zero attached hydrogens (tertiary/aromatic N) is 2. The zero-order valence-corrected chi connectivity index (χ0v) is 16.5. The quantitative estimate of drug-likeness (QED) is 0.635. The van der Waals surface area contributed by atoms with Crippen LogP contribution in [0, 0.1) is 39.5 Å². The molecule has 1 heterocycles. The van der Waals surface area contributed by atoms with Gasteiger partial charge < -0.3 is 0 Å². The summed E-state index contributed by atoms with van der Waals surface area (Å²) in [5, 5.41) is 27.3. The van der Waals surface area contributed by atoms with Crippen molar-refractivity contribution in [2.75, 3.05) is 0 Å². The lowest BCUT2D eigenvalue weighted by Gasteiger charge is -2.44. The highest BCUT2D eigenvalue weighted by Gasteiger charge is 2.62. The summed E-state index contributed by atoms with van der Waals surface area (Å²) in [5.41, 5.74) is 2.46. The van der Waals surface area contributed by atoms with E-state index in [0.29, 0.717) is 0 Å². The zero-order chi connectivity index (χ0) is 20.6. The fourth-order valence-corrected chi connectivity index (χ4v) is 4.30. The molecule has 0 aromatic heterocycles. The van der Waals surface area contributed by atoms with Crippen molar-refractivity contribution in [1.29, 1.82) is 0 Å². The van der Waals surface area contributed by atoms with Crippen molar-refractivity contribution in [2.24, 2.45) is 5.41 Å². The summed E-state index contributed by atoms with van der Waals surface area (Å²) in [7, 11) is 0. The van der Waals surface area contributed by atoms with E-state index < -0.39 is 29.6 Å². The molecule has 3 rings (SSSR count). The van der Waals surface area contributed by atoms with E-state index >= 15 is 0 Å². The molecule has 1 saturated heterocycles. The third-order valence-corrected chi connectivity index (χ3v) is 5.84. The number of nitro groups is 2. The lowest BCUT2D eigenvalue weighted by Crippen LogP contribution is -2.63. The molecule has 0 radical (unpaired) electrons. The second-order valence-corrected chi connectivity index (χ2v) is 8.23. The third kappa shape index (κ3) is 3.49. The SMILES string of the molecule is Cc1ccc([C@H]2N[C@H](c3ccc(C)cc3)[C@H]([N+](=O)[O-])C(C)(C)[C@H]2[N+](=O)[O-])cc1. The molecule has 7 heteroatoms. The monoisotopic (exact) mass is 383 g/mol. The highest BCUT2D eigenvalue weighted by Crippen LogP contribution is 2.46. The van der Waals surface area contributed by atoms with Crippen LogP contribution in [0.1, 0.15) is 48.2 Å². The van der Waals surface area contributed by atoms with Gasteiger partial charge in [-0.25, -0.2) is 0 Å². The van der Waals surface area contributed by atoms with E-state index in [1.807, 2.05) is 62.4 Å². The van der Waals surface area contributed by atoms with Gasteiger partial charge in [0.1, 0.15) is 17.5 Å². The topological polar surface area (TPSA) is 98.3 Å². The Bertz CT molecular complexity index is 806.